The lowest BCUT2D eigenvalue weighted by molar-refractivity contribution is -0.160. The van der Waals surface area contributed by atoms with Crippen LogP contribution in [0.25, 0.3) is 0 Å². The number of benzene rings is 1. The van der Waals surface area contributed by atoms with Gasteiger partial charge in [-0.1, -0.05) is 55.0 Å². The highest BCUT2D eigenvalue weighted by Crippen LogP contribution is 2.58. The minimum absolute atomic E-state index is 0.0578. The maximum absolute atomic E-state index is 14.2. The highest BCUT2D eigenvalue weighted by Gasteiger charge is 2.75. The molecule has 1 spiro atoms. The number of aliphatic hydroxyl groups is 1. The van der Waals surface area contributed by atoms with Gasteiger partial charge in [-0.15, -0.1) is 0 Å². The summed E-state index contributed by atoms with van der Waals surface area (Å²) >= 11 is 6.45. The van der Waals surface area contributed by atoms with Crippen LogP contribution in [0.2, 0.25) is 5.02 Å². The number of carbonyl (C=O) groups is 3. The van der Waals surface area contributed by atoms with Gasteiger partial charge >= 0.3 is 5.97 Å². The van der Waals surface area contributed by atoms with E-state index in [1.807, 2.05) is 19.1 Å². The third-order valence-corrected chi connectivity index (χ3v) is 8.19. The van der Waals surface area contributed by atoms with E-state index in [9.17, 15) is 19.5 Å². The third-order valence-electron chi connectivity index (χ3n) is 7.87. The van der Waals surface area contributed by atoms with Crippen LogP contribution in [0.3, 0.4) is 0 Å². The van der Waals surface area contributed by atoms with Crippen LogP contribution in [0.1, 0.15) is 32.6 Å². The van der Waals surface area contributed by atoms with Crippen molar-refractivity contribution in [2.75, 3.05) is 31.2 Å². The predicted octanol–water partition coefficient (Wildman–Crippen LogP) is 2.88. The Morgan fingerprint density at radius 3 is 2.64 bits per heavy atom. The Balaban J connectivity index is 1.67. The number of hydrogen-bond donors (Lipinski definition) is 1. The Morgan fingerprint density at radius 2 is 1.89 bits per heavy atom. The fourth-order valence-corrected chi connectivity index (χ4v) is 6.51. The predicted molar refractivity (Wildman–Crippen MR) is 133 cm³/mol. The number of nitrogens with zero attached hydrogens (tertiary/aromatic N) is 2. The van der Waals surface area contributed by atoms with E-state index in [4.69, 9.17) is 21.1 Å². The van der Waals surface area contributed by atoms with E-state index < -0.39 is 41.0 Å². The minimum Gasteiger partial charge on any atom is -0.465 e. The SMILES string of the molecule is CC[C@@]12/C=C\CCCCOC(=O)[C@@H]1[C@H]1C(=O)N(CCO)C3C(=O)N(c4ccccc4Cl)CC=C[C@@]31O2. The van der Waals surface area contributed by atoms with Gasteiger partial charge in [-0.25, -0.2) is 0 Å². The van der Waals surface area contributed by atoms with E-state index in [-0.39, 0.29) is 32.2 Å². The number of esters is 1. The van der Waals surface area contributed by atoms with Crippen molar-refractivity contribution in [1.82, 2.24) is 4.90 Å². The first-order valence-corrected chi connectivity index (χ1v) is 13.0. The smallest absolute Gasteiger partial charge is 0.313 e. The number of β-amino-alcohol motifs (C(OH)–C–C–N with tert-alkyl or cyclic N) is 1. The molecular formula is C27H31ClN2O6. The highest BCUT2D eigenvalue weighted by atomic mass is 35.5. The molecule has 5 rings (SSSR count). The third kappa shape index (κ3) is 3.69. The van der Waals surface area contributed by atoms with Gasteiger partial charge in [-0.2, -0.15) is 0 Å². The number of ether oxygens (including phenoxy) is 2. The molecule has 0 bridgehead atoms. The number of likely N-dealkylation sites (tertiary alicyclic amines) is 1. The summed E-state index contributed by atoms with van der Waals surface area (Å²) in [5.41, 5.74) is -1.97. The summed E-state index contributed by atoms with van der Waals surface area (Å²) in [6, 6.07) is 5.96. The molecule has 9 heteroatoms. The Kier molecular flexibility index (Phi) is 6.70. The van der Waals surface area contributed by atoms with Gasteiger partial charge in [0.1, 0.15) is 23.2 Å². The van der Waals surface area contributed by atoms with Gasteiger partial charge in [0.15, 0.2) is 0 Å². The van der Waals surface area contributed by atoms with Crippen LogP contribution in [0.5, 0.6) is 0 Å². The second-order valence-corrected chi connectivity index (χ2v) is 10.2. The molecule has 1 aromatic rings. The molecule has 4 aliphatic rings. The molecule has 5 atom stereocenters. The largest absolute Gasteiger partial charge is 0.465 e. The summed E-state index contributed by atoms with van der Waals surface area (Å²) < 4.78 is 12.5. The van der Waals surface area contributed by atoms with Crippen molar-refractivity contribution in [3.8, 4) is 0 Å². The Hall–Kier alpha value is -2.68. The maximum atomic E-state index is 14.2. The van der Waals surface area contributed by atoms with Gasteiger partial charge in [-0.05, 0) is 37.8 Å². The van der Waals surface area contributed by atoms with E-state index in [1.54, 1.807) is 36.4 Å². The molecule has 192 valence electrons. The molecule has 36 heavy (non-hydrogen) atoms. The molecule has 8 nitrogen and oxygen atoms in total. The van der Waals surface area contributed by atoms with Crippen LogP contribution in [0, 0.1) is 11.8 Å². The van der Waals surface area contributed by atoms with Crippen molar-refractivity contribution in [1.29, 1.82) is 0 Å². The van der Waals surface area contributed by atoms with Crippen molar-refractivity contribution in [2.24, 2.45) is 11.8 Å². The molecule has 2 fully saturated rings. The van der Waals surface area contributed by atoms with E-state index in [2.05, 4.69) is 0 Å². The number of cyclic esters (lactones) is 1. The van der Waals surface area contributed by atoms with Crippen molar-refractivity contribution < 1.29 is 29.0 Å². The number of aliphatic hydroxyl groups excluding tert-OH is 1. The van der Waals surface area contributed by atoms with Crippen molar-refractivity contribution >= 4 is 35.1 Å². The molecule has 0 aromatic heterocycles. The zero-order chi connectivity index (χ0) is 25.5. The molecule has 2 saturated heterocycles. The lowest BCUT2D eigenvalue weighted by Gasteiger charge is -2.38. The summed E-state index contributed by atoms with van der Waals surface area (Å²) in [5.74, 6) is -3.13. The van der Waals surface area contributed by atoms with Gasteiger partial charge in [0.25, 0.3) is 5.91 Å². The molecular weight excluding hydrogens is 484 g/mol. The normalized spacial score (nSPS) is 35.1. The van der Waals surface area contributed by atoms with Crippen LogP contribution < -0.4 is 4.90 Å². The van der Waals surface area contributed by atoms with Gasteiger partial charge in [0, 0.05) is 13.1 Å². The minimum atomic E-state index is -1.39. The first kappa shape index (κ1) is 25.0. The molecule has 0 aliphatic carbocycles. The van der Waals surface area contributed by atoms with Crippen molar-refractivity contribution in [3.05, 3.63) is 53.6 Å². The average molecular weight is 515 g/mol. The standard InChI is InChI=1S/C27H31ClN2O6/c1-2-26-12-7-3-4-8-17-35-25(34)21(26)20-23(32)30(15-16-31)22-24(33)29(14-9-13-27(20,22)36-26)19-11-6-5-10-18(19)28/h5-7,9-13,20-22,31H,2-4,8,14-17H2,1H3/b12-7-/t20-,21-,22?,26+,27-/m0/s1. The van der Waals surface area contributed by atoms with Crippen LogP contribution >= 0.6 is 11.6 Å². The van der Waals surface area contributed by atoms with E-state index in [0.717, 1.165) is 19.3 Å². The van der Waals surface area contributed by atoms with E-state index in [0.29, 0.717) is 17.1 Å². The summed E-state index contributed by atoms with van der Waals surface area (Å²) in [6.45, 7) is 2.02. The van der Waals surface area contributed by atoms with Crippen LogP contribution in [0.15, 0.2) is 48.6 Å². The number of fused-ring (bicyclic) bond motifs is 2. The second kappa shape index (κ2) is 9.65. The van der Waals surface area contributed by atoms with Crippen molar-refractivity contribution in [3.63, 3.8) is 0 Å². The second-order valence-electron chi connectivity index (χ2n) is 9.75. The summed E-state index contributed by atoms with van der Waals surface area (Å²) in [5, 5.41) is 10.2. The summed E-state index contributed by atoms with van der Waals surface area (Å²) in [4.78, 5) is 44.6. The Morgan fingerprint density at radius 1 is 1.08 bits per heavy atom. The fourth-order valence-electron chi connectivity index (χ4n) is 6.27. The number of para-hydroxylation sites is 1. The van der Waals surface area contributed by atoms with Crippen LogP contribution in [0.4, 0.5) is 5.69 Å². The molecule has 0 radical (unpaired) electrons. The molecule has 4 aliphatic heterocycles. The average Bonchev–Trinajstić information content (AvgIpc) is 3.22. The zero-order valence-corrected chi connectivity index (χ0v) is 21.0. The first-order chi connectivity index (χ1) is 17.4. The Labute approximate surface area is 215 Å². The quantitative estimate of drug-likeness (QED) is 0.490. The first-order valence-electron chi connectivity index (χ1n) is 12.6. The summed E-state index contributed by atoms with van der Waals surface area (Å²) in [7, 11) is 0. The van der Waals surface area contributed by atoms with Crippen LogP contribution in [-0.4, -0.2) is 71.3 Å². The zero-order valence-electron chi connectivity index (χ0n) is 20.3. The van der Waals surface area contributed by atoms with Gasteiger partial charge < -0.3 is 24.4 Å². The molecule has 1 unspecified atom stereocenters. The van der Waals surface area contributed by atoms with Crippen LogP contribution in [-0.2, 0) is 23.9 Å². The monoisotopic (exact) mass is 514 g/mol. The number of carbonyl (C=O) groups excluding carboxylic acids is 3. The fraction of sp³-hybridized carbons (Fsp3) is 0.519. The number of hydrogen-bond acceptors (Lipinski definition) is 6. The number of anilines is 1. The van der Waals surface area contributed by atoms with Gasteiger partial charge in [0.2, 0.25) is 5.91 Å². The number of allylic oxidation sites excluding steroid dienone is 1. The van der Waals surface area contributed by atoms with E-state index >= 15 is 0 Å². The van der Waals surface area contributed by atoms with Gasteiger partial charge in [-0.3, -0.25) is 14.4 Å². The highest BCUT2D eigenvalue weighted by molar-refractivity contribution is 6.34. The topological polar surface area (TPSA) is 96.4 Å². The molecule has 1 aromatic carbocycles. The molecule has 4 heterocycles. The Bertz CT molecular complexity index is 1120. The van der Waals surface area contributed by atoms with Crippen molar-refractivity contribution in [2.45, 2.75) is 49.9 Å². The van der Waals surface area contributed by atoms with Gasteiger partial charge in [0.05, 0.1) is 29.8 Å². The number of halogens is 1. The molecule has 2 amide bonds. The maximum Gasteiger partial charge on any atom is 0.313 e. The number of rotatable bonds is 4. The van der Waals surface area contributed by atoms with E-state index in [1.165, 1.54) is 9.80 Å². The summed E-state index contributed by atoms with van der Waals surface area (Å²) in [6.07, 6.45) is 10.3. The number of amides is 2. The lowest BCUT2D eigenvalue weighted by atomic mass is 9.73. The molecule has 0 saturated carbocycles. The molecule has 1 N–H and O–H groups in total. The lowest BCUT2D eigenvalue weighted by Crippen LogP contribution is -2.56.